The summed E-state index contributed by atoms with van der Waals surface area (Å²) in [4.78, 5) is 52.3. The first-order valence-electron chi connectivity index (χ1n) is 13.9. The minimum Gasteiger partial charge on any atom is -0.456 e. The van der Waals surface area contributed by atoms with Crippen LogP contribution in [0.3, 0.4) is 0 Å². The van der Waals surface area contributed by atoms with Crippen molar-refractivity contribution in [2.75, 3.05) is 6.61 Å². The molecule has 13 atom stereocenters. The van der Waals surface area contributed by atoms with Gasteiger partial charge in [0.15, 0.2) is 12.1 Å². The molecule has 6 rings (SSSR count). The molecule has 222 valence electrons. The van der Waals surface area contributed by atoms with Gasteiger partial charge >= 0.3 is 11.9 Å². The molecule has 3 aliphatic heterocycles. The van der Waals surface area contributed by atoms with Crippen LogP contribution in [0.2, 0.25) is 0 Å². The lowest BCUT2D eigenvalue weighted by Crippen LogP contribution is -2.74. The van der Waals surface area contributed by atoms with E-state index in [-0.39, 0.29) is 30.0 Å². The molecule has 4 fully saturated rings. The van der Waals surface area contributed by atoms with Crippen LogP contribution in [0, 0.1) is 39.4 Å². The molecule has 0 aromatic heterocycles. The van der Waals surface area contributed by atoms with Crippen LogP contribution in [-0.4, -0.2) is 82.4 Å². The number of ketones is 1. The van der Waals surface area contributed by atoms with Crippen LogP contribution in [-0.2, 0) is 38.1 Å². The number of carbonyl (C=O) groups excluding carboxylic acids is 4. The SMILES string of the molecule is C=C(C)C(=O)O[C@@H]1[C@@H]2OC[C@]3(C)C=CC(=O)[C@@](C)([C@@H]23)[C@@H]2[C@H](O)O[C@@]3([C@@H](O)C[C@@H](C4=CC(=O)OC4O)[C@]3(C)C=O)[C@]12C. The number of cyclic esters (lactones) is 1. The fraction of sp³-hybridized carbons (Fsp3) is 0.667. The van der Waals surface area contributed by atoms with Crippen molar-refractivity contribution in [3.63, 3.8) is 0 Å². The zero-order valence-corrected chi connectivity index (χ0v) is 23.7. The molecule has 6 aliphatic rings. The highest BCUT2D eigenvalue weighted by Gasteiger charge is 2.87. The third-order valence-corrected chi connectivity index (χ3v) is 11.5. The third kappa shape index (κ3) is 3.06. The molecule has 2 saturated carbocycles. The highest BCUT2D eigenvalue weighted by atomic mass is 16.6. The van der Waals surface area contributed by atoms with Crippen molar-refractivity contribution in [2.24, 2.45) is 39.4 Å². The number of hydrogen-bond donors (Lipinski definition) is 3. The van der Waals surface area contributed by atoms with E-state index in [1.165, 1.54) is 19.9 Å². The molecule has 3 aliphatic carbocycles. The number of esters is 2. The molecule has 11 nitrogen and oxygen atoms in total. The van der Waals surface area contributed by atoms with Crippen LogP contribution in [0.25, 0.3) is 0 Å². The van der Waals surface area contributed by atoms with E-state index in [0.29, 0.717) is 6.29 Å². The predicted molar refractivity (Wildman–Crippen MR) is 138 cm³/mol. The van der Waals surface area contributed by atoms with Gasteiger partial charge in [0.2, 0.25) is 6.29 Å². The largest absolute Gasteiger partial charge is 0.456 e. The monoisotopic (exact) mass is 572 g/mol. The Bertz CT molecular complexity index is 1340. The molecular weight excluding hydrogens is 536 g/mol. The Balaban J connectivity index is 1.62. The van der Waals surface area contributed by atoms with E-state index in [2.05, 4.69) is 6.58 Å². The molecule has 0 radical (unpaired) electrons. The minimum atomic E-state index is -1.96. The van der Waals surface area contributed by atoms with Gasteiger partial charge in [-0.05, 0) is 26.3 Å². The number of carbonyl (C=O) groups is 4. The van der Waals surface area contributed by atoms with Gasteiger partial charge in [-0.25, -0.2) is 9.59 Å². The Hall–Kier alpha value is -2.70. The Morgan fingerprint density at radius 1 is 1.15 bits per heavy atom. The molecule has 0 amide bonds. The first kappa shape index (κ1) is 28.4. The van der Waals surface area contributed by atoms with Crippen molar-refractivity contribution < 1.29 is 53.4 Å². The zero-order chi connectivity index (χ0) is 30.1. The molecule has 2 saturated heterocycles. The Morgan fingerprint density at radius 2 is 1.83 bits per heavy atom. The van der Waals surface area contributed by atoms with Gasteiger partial charge in [-0.3, -0.25) is 4.79 Å². The van der Waals surface area contributed by atoms with Crippen LogP contribution in [0.1, 0.15) is 41.0 Å². The van der Waals surface area contributed by atoms with E-state index in [1.807, 2.05) is 6.92 Å². The summed E-state index contributed by atoms with van der Waals surface area (Å²) in [5.74, 6) is -4.38. The summed E-state index contributed by atoms with van der Waals surface area (Å²) in [7, 11) is 0. The molecular formula is C30H36O11. The van der Waals surface area contributed by atoms with Gasteiger partial charge in [0, 0.05) is 51.2 Å². The summed E-state index contributed by atoms with van der Waals surface area (Å²) in [5, 5.41) is 34.3. The average molecular weight is 573 g/mol. The summed E-state index contributed by atoms with van der Waals surface area (Å²) in [6.45, 7) is 12.3. The molecule has 11 heteroatoms. The second kappa shape index (κ2) is 8.44. The normalized spacial score (nSPS) is 53.1. The van der Waals surface area contributed by atoms with Gasteiger partial charge < -0.3 is 39.1 Å². The molecule has 0 aromatic carbocycles. The lowest BCUT2D eigenvalue weighted by Gasteiger charge is -2.63. The lowest BCUT2D eigenvalue weighted by molar-refractivity contribution is -0.256. The van der Waals surface area contributed by atoms with Crippen molar-refractivity contribution in [1.82, 2.24) is 0 Å². The van der Waals surface area contributed by atoms with Crippen molar-refractivity contribution >= 4 is 24.0 Å². The van der Waals surface area contributed by atoms with Gasteiger partial charge in [-0.1, -0.05) is 33.4 Å². The molecule has 0 bridgehead atoms. The van der Waals surface area contributed by atoms with Gasteiger partial charge in [-0.2, -0.15) is 0 Å². The predicted octanol–water partition coefficient (Wildman–Crippen LogP) is 0.752. The van der Waals surface area contributed by atoms with Crippen LogP contribution in [0.15, 0.2) is 36.0 Å². The van der Waals surface area contributed by atoms with Gasteiger partial charge in [0.25, 0.3) is 0 Å². The number of aliphatic hydroxyl groups is 3. The molecule has 0 aromatic rings. The molecule has 1 unspecified atom stereocenters. The number of fused-ring (bicyclic) bond motifs is 3. The van der Waals surface area contributed by atoms with Gasteiger partial charge in [0.05, 0.1) is 24.2 Å². The van der Waals surface area contributed by atoms with Crippen molar-refractivity contribution in [3.8, 4) is 0 Å². The Labute approximate surface area is 237 Å². The van der Waals surface area contributed by atoms with E-state index >= 15 is 0 Å². The Kier molecular flexibility index (Phi) is 5.85. The first-order valence-corrected chi connectivity index (χ1v) is 13.9. The van der Waals surface area contributed by atoms with Crippen LogP contribution in [0.5, 0.6) is 0 Å². The summed E-state index contributed by atoms with van der Waals surface area (Å²) < 4.78 is 23.8. The number of allylic oxidation sites excluding steroid dienone is 1. The van der Waals surface area contributed by atoms with Crippen LogP contribution >= 0.6 is 0 Å². The first-order chi connectivity index (χ1) is 19.0. The highest BCUT2D eigenvalue weighted by molar-refractivity contribution is 5.97. The van der Waals surface area contributed by atoms with Gasteiger partial charge in [-0.15, -0.1) is 0 Å². The second-order valence-corrected chi connectivity index (χ2v) is 13.5. The molecule has 3 heterocycles. The summed E-state index contributed by atoms with van der Waals surface area (Å²) in [5.41, 5.74) is -7.02. The number of aliphatic hydroxyl groups excluding tert-OH is 3. The summed E-state index contributed by atoms with van der Waals surface area (Å²) in [6, 6.07) is 0. The van der Waals surface area contributed by atoms with Crippen molar-refractivity contribution in [3.05, 3.63) is 36.0 Å². The second-order valence-electron chi connectivity index (χ2n) is 13.5. The zero-order valence-electron chi connectivity index (χ0n) is 23.7. The minimum absolute atomic E-state index is 0.0856. The highest BCUT2D eigenvalue weighted by Crippen LogP contribution is 2.76. The van der Waals surface area contributed by atoms with E-state index in [9.17, 15) is 34.5 Å². The van der Waals surface area contributed by atoms with E-state index in [4.69, 9.17) is 18.9 Å². The van der Waals surface area contributed by atoms with E-state index < -0.39 is 87.8 Å². The third-order valence-electron chi connectivity index (χ3n) is 11.5. The summed E-state index contributed by atoms with van der Waals surface area (Å²) >= 11 is 0. The Morgan fingerprint density at radius 3 is 2.41 bits per heavy atom. The van der Waals surface area contributed by atoms with Crippen molar-refractivity contribution in [1.29, 1.82) is 0 Å². The fourth-order valence-corrected chi connectivity index (χ4v) is 9.93. The van der Waals surface area contributed by atoms with Crippen molar-refractivity contribution in [2.45, 2.75) is 77.5 Å². The number of ether oxygens (including phenoxy) is 4. The fourth-order valence-electron chi connectivity index (χ4n) is 9.93. The topological polar surface area (TPSA) is 166 Å². The molecule has 41 heavy (non-hydrogen) atoms. The van der Waals surface area contributed by atoms with E-state index in [0.717, 1.165) is 6.08 Å². The van der Waals surface area contributed by atoms with E-state index in [1.54, 1.807) is 19.9 Å². The number of hydrogen-bond acceptors (Lipinski definition) is 11. The average Bonchev–Trinajstić information content (AvgIpc) is 3.57. The maximum Gasteiger partial charge on any atom is 0.333 e. The van der Waals surface area contributed by atoms with Crippen LogP contribution in [0.4, 0.5) is 0 Å². The molecule has 1 spiro atoms. The quantitative estimate of drug-likeness (QED) is 0.247. The van der Waals surface area contributed by atoms with Gasteiger partial charge in [0.1, 0.15) is 18.0 Å². The smallest absolute Gasteiger partial charge is 0.333 e. The summed E-state index contributed by atoms with van der Waals surface area (Å²) in [6.07, 6.45) is -2.03. The standard InChI is InChI=1S/C30H36O11/c1-13(2)23(35)40-22-19-20-26(3,12-38-19)8-7-16(32)28(20,5)21-25(37)41-30(29(21,22)6)17(33)10-15(27(30,4)11-31)14-9-18(34)39-24(14)36/h7-9,11,15,17,19-22,24-25,33,36-37H,1,10,12H2,2-6H3/t15-,17-,19+,20-,21-,22+,24?,25+,26-,27-,28-,29-,30+/m0/s1. The van der Waals surface area contributed by atoms with Crippen LogP contribution < -0.4 is 0 Å². The number of rotatable bonds is 4. The number of aldehydes is 1. The maximum absolute atomic E-state index is 13.9. The maximum atomic E-state index is 13.9. The molecule has 3 N–H and O–H groups in total. The lowest BCUT2D eigenvalue weighted by atomic mass is 9.39.